The van der Waals surface area contributed by atoms with Gasteiger partial charge in [-0.05, 0) is 19.3 Å². The summed E-state index contributed by atoms with van der Waals surface area (Å²) < 4.78 is 12.2. The third-order valence-corrected chi connectivity index (χ3v) is 5.99. The molecule has 2 saturated heterocycles. The number of rotatable bonds is 8. The Hall–Kier alpha value is -2.10. The van der Waals surface area contributed by atoms with Gasteiger partial charge in [-0.3, -0.25) is 5.41 Å². The second kappa shape index (κ2) is 7.65. The minimum atomic E-state index is -1.72. The Kier molecular flexibility index (Phi) is 5.94. The minimum absolute atomic E-state index is 0.278. The highest BCUT2D eigenvalue weighted by atomic mass is 16.7. The molecule has 1 N–H and O–H groups in total. The van der Waals surface area contributed by atoms with Crippen LogP contribution in [0.3, 0.4) is 0 Å². The highest BCUT2D eigenvalue weighted by Crippen LogP contribution is 2.65. The van der Waals surface area contributed by atoms with Crippen molar-refractivity contribution < 1.29 is 9.47 Å². The lowest BCUT2D eigenvalue weighted by Gasteiger charge is -2.49. The van der Waals surface area contributed by atoms with E-state index in [-0.39, 0.29) is 5.90 Å². The van der Waals surface area contributed by atoms with E-state index in [4.69, 9.17) is 14.9 Å². The first-order valence-corrected chi connectivity index (χ1v) is 9.68. The number of nitrogens with zero attached hydrogens (tertiary/aromatic N) is 3. The Morgan fingerprint density at radius 2 is 1.69 bits per heavy atom. The third kappa shape index (κ3) is 2.50. The monoisotopic (exact) mass is 356 g/mol. The molecule has 2 fully saturated rings. The van der Waals surface area contributed by atoms with Crippen LogP contribution in [-0.4, -0.2) is 17.8 Å². The predicted molar refractivity (Wildman–Crippen MR) is 95.6 cm³/mol. The lowest BCUT2D eigenvalue weighted by Crippen LogP contribution is -2.62. The van der Waals surface area contributed by atoms with Gasteiger partial charge in [-0.15, -0.1) is 0 Å². The zero-order valence-corrected chi connectivity index (χ0v) is 16.0. The second-order valence-corrected chi connectivity index (χ2v) is 7.36. The SMILES string of the molecule is CCCCCCC1OC2(CCC)OC(=N)C(C#N)(C2CC)C1(C#N)C#N. The molecule has 2 heterocycles. The van der Waals surface area contributed by atoms with E-state index in [1.807, 2.05) is 13.8 Å². The third-order valence-electron chi connectivity index (χ3n) is 5.99. The van der Waals surface area contributed by atoms with Gasteiger partial charge in [0.2, 0.25) is 11.7 Å². The fourth-order valence-electron chi connectivity index (χ4n) is 4.80. The van der Waals surface area contributed by atoms with Gasteiger partial charge in [-0.2, -0.15) is 15.8 Å². The van der Waals surface area contributed by atoms with Gasteiger partial charge < -0.3 is 9.47 Å². The van der Waals surface area contributed by atoms with E-state index < -0.39 is 28.6 Å². The summed E-state index contributed by atoms with van der Waals surface area (Å²) in [6.45, 7) is 6.01. The average molecular weight is 356 g/mol. The number of nitrogens with one attached hydrogen (secondary N) is 1. The Labute approximate surface area is 156 Å². The maximum Gasteiger partial charge on any atom is 0.217 e. The van der Waals surface area contributed by atoms with Crippen LogP contribution in [0.1, 0.15) is 72.1 Å². The molecule has 4 unspecified atom stereocenters. The van der Waals surface area contributed by atoms with Crippen LogP contribution in [0.4, 0.5) is 0 Å². The van der Waals surface area contributed by atoms with Gasteiger partial charge in [0.25, 0.3) is 0 Å². The summed E-state index contributed by atoms with van der Waals surface area (Å²) in [7, 11) is 0. The molecule has 2 aliphatic rings. The van der Waals surface area contributed by atoms with E-state index in [0.717, 1.165) is 32.1 Å². The van der Waals surface area contributed by atoms with Gasteiger partial charge in [0, 0.05) is 6.42 Å². The summed E-state index contributed by atoms with van der Waals surface area (Å²) >= 11 is 0. The molecule has 0 aromatic rings. The summed E-state index contributed by atoms with van der Waals surface area (Å²) in [6, 6.07) is 6.40. The van der Waals surface area contributed by atoms with E-state index >= 15 is 0 Å². The van der Waals surface area contributed by atoms with Crippen molar-refractivity contribution in [3.63, 3.8) is 0 Å². The van der Waals surface area contributed by atoms with Crippen LogP contribution in [0.15, 0.2) is 0 Å². The van der Waals surface area contributed by atoms with E-state index in [0.29, 0.717) is 19.3 Å². The molecule has 26 heavy (non-hydrogen) atoms. The summed E-state index contributed by atoms with van der Waals surface area (Å²) in [5.74, 6) is -1.86. The molecule has 0 spiro atoms. The van der Waals surface area contributed by atoms with Crippen molar-refractivity contribution in [2.45, 2.75) is 84.0 Å². The largest absolute Gasteiger partial charge is 0.447 e. The zero-order chi connectivity index (χ0) is 19.4. The van der Waals surface area contributed by atoms with Gasteiger partial charge in [-0.25, -0.2) is 0 Å². The first-order valence-electron chi connectivity index (χ1n) is 9.68. The molecular weight excluding hydrogens is 328 g/mol. The molecule has 140 valence electrons. The Morgan fingerprint density at radius 3 is 2.19 bits per heavy atom. The summed E-state index contributed by atoms with van der Waals surface area (Å²) in [5.41, 5.74) is -3.30. The van der Waals surface area contributed by atoms with Crippen molar-refractivity contribution in [3.05, 3.63) is 0 Å². The van der Waals surface area contributed by atoms with Crippen LogP contribution in [0.2, 0.25) is 0 Å². The fraction of sp³-hybridized carbons (Fsp3) is 0.800. The number of hydrogen-bond donors (Lipinski definition) is 1. The van der Waals surface area contributed by atoms with Gasteiger partial charge >= 0.3 is 0 Å². The Bertz CT molecular complexity index is 657. The molecule has 0 amide bonds. The molecule has 0 aromatic heterocycles. The van der Waals surface area contributed by atoms with Crippen LogP contribution in [0, 0.1) is 56.2 Å². The quantitative estimate of drug-likeness (QED) is 0.646. The molecule has 2 bridgehead atoms. The maximum absolute atomic E-state index is 10.1. The molecular formula is C20H28N4O2. The Morgan fingerprint density at radius 1 is 1.00 bits per heavy atom. The van der Waals surface area contributed by atoms with E-state index in [1.165, 1.54) is 0 Å². The van der Waals surface area contributed by atoms with Crippen molar-refractivity contribution in [1.82, 2.24) is 0 Å². The molecule has 0 saturated carbocycles. The lowest BCUT2D eigenvalue weighted by molar-refractivity contribution is -0.284. The molecule has 0 radical (unpaired) electrons. The van der Waals surface area contributed by atoms with Gasteiger partial charge in [0.05, 0.1) is 30.2 Å². The van der Waals surface area contributed by atoms with Crippen molar-refractivity contribution >= 4 is 5.90 Å². The van der Waals surface area contributed by atoms with Gasteiger partial charge in [0.1, 0.15) is 0 Å². The molecule has 2 aliphatic heterocycles. The zero-order valence-electron chi connectivity index (χ0n) is 16.0. The van der Waals surface area contributed by atoms with E-state index in [2.05, 4.69) is 25.1 Å². The topological polar surface area (TPSA) is 114 Å². The van der Waals surface area contributed by atoms with Gasteiger partial charge in [0.15, 0.2) is 10.8 Å². The number of hydrogen-bond acceptors (Lipinski definition) is 6. The van der Waals surface area contributed by atoms with Crippen LogP contribution in [-0.2, 0) is 9.47 Å². The fourth-order valence-corrected chi connectivity index (χ4v) is 4.80. The predicted octanol–water partition coefficient (Wildman–Crippen LogP) is 4.43. The summed E-state index contributed by atoms with van der Waals surface area (Å²) in [4.78, 5) is 0. The van der Waals surface area contributed by atoms with Crippen molar-refractivity contribution in [1.29, 1.82) is 21.2 Å². The lowest BCUT2D eigenvalue weighted by atomic mass is 9.53. The van der Waals surface area contributed by atoms with Crippen LogP contribution >= 0.6 is 0 Å². The van der Waals surface area contributed by atoms with Crippen LogP contribution in [0.25, 0.3) is 0 Å². The van der Waals surface area contributed by atoms with Crippen molar-refractivity contribution in [2.75, 3.05) is 0 Å². The van der Waals surface area contributed by atoms with E-state index in [1.54, 1.807) is 0 Å². The summed E-state index contributed by atoms with van der Waals surface area (Å²) in [6.07, 6.45) is 5.55. The van der Waals surface area contributed by atoms with Gasteiger partial charge in [-0.1, -0.05) is 46.5 Å². The Balaban J connectivity index is 2.56. The molecule has 6 nitrogen and oxygen atoms in total. The highest BCUT2D eigenvalue weighted by Gasteiger charge is 2.79. The molecule has 0 aliphatic carbocycles. The number of nitriles is 3. The standard InChI is InChI=1S/C20H28N4O2/c1-4-7-8-9-10-16-18(12-21,13-22)19(14-23)15(6-3)20(25-16,11-5-2)26-17(19)24/h15-16,24H,4-11H2,1-3H3. The average Bonchev–Trinajstić information content (AvgIpc) is 2.83. The molecule has 2 rings (SSSR count). The van der Waals surface area contributed by atoms with Crippen LogP contribution in [0.5, 0.6) is 0 Å². The normalized spacial score (nSPS) is 34.4. The molecule has 0 aromatic carbocycles. The number of fused-ring (bicyclic) bond motifs is 2. The summed E-state index contributed by atoms with van der Waals surface area (Å²) in [5, 5.41) is 38.6. The number of ether oxygens (including phenoxy) is 2. The first kappa shape index (κ1) is 20.2. The highest BCUT2D eigenvalue weighted by molar-refractivity contribution is 5.89. The molecule has 6 heteroatoms. The first-order chi connectivity index (χ1) is 12.5. The molecule has 4 atom stereocenters. The number of unbranched alkanes of at least 4 members (excludes halogenated alkanes) is 3. The van der Waals surface area contributed by atoms with Crippen molar-refractivity contribution in [3.8, 4) is 18.2 Å². The van der Waals surface area contributed by atoms with Crippen molar-refractivity contribution in [2.24, 2.45) is 16.7 Å². The maximum atomic E-state index is 10.1. The second-order valence-electron chi connectivity index (χ2n) is 7.36. The minimum Gasteiger partial charge on any atom is -0.447 e. The van der Waals surface area contributed by atoms with Crippen LogP contribution < -0.4 is 0 Å². The van der Waals surface area contributed by atoms with E-state index in [9.17, 15) is 15.8 Å². The smallest absolute Gasteiger partial charge is 0.217 e.